The minimum Gasteiger partial charge on any atom is -0.377 e. The molecule has 0 spiro atoms. The lowest BCUT2D eigenvalue weighted by molar-refractivity contribution is 0.107. The average Bonchev–Trinajstić information content (AvgIpc) is 2.17. The summed E-state index contributed by atoms with van der Waals surface area (Å²) in [6.07, 6.45) is 1.49. The van der Waals surface area contributed by atoms with Crippen molar-refractivity contribution in [3.8, 4) is 0 Å². The molecule has 3 nitrogen and oxygen atoms in total. The molecule has 1 rings (SSSR count). The van der Waals surface area contributed by atoms with Gasteiger partial charge in [0.25, 0.3) is 0 Å². The average molecular weight is 130 g/mol. The lowest BCUT2D eigenvalue weighted by Gasteiger charge is -2.05. The van der Waals surface area contributed by atoms with Gasteiger partial charge in [0.2, 0.25) is 0 Å². The molecule has 0 amide bonds. The lowest BCUT2D eigenvalue weighted by Crippen LogP contribution is -2.31. The first-order chi connectivity index (χ1) is 4.33. The molecule has 3 heteroatoms. The first-order valence-electron chi connectivity index (χ1n) is 3.38. The molecule has 0 unspecified atom stereocenters. The molecular formula is C6H14N2O. The van der Waals surface area contributed by atoms with E-state index >= 15 is 0 Å². The molecule has 0 radical (unpaired) electrons. The second kappa shape index (κ2) is 3.15. The van der Waals surface area contributed by atoms with Crippen molar-refractivity contribution in [3.63, 3.8) is 0 Å². The molecule has 0 saturated carbocycles. The molecule has 1 aliphatic rings. The van der Waals surface area contributed by atoms with E-state index in [9.17, 15) is 0 Å². The van der Waals surface area contributed by atoms with Gasteiger partial charge in [0.15, 0.2) is 0 Å². The Labute approximate surface area is 55.5 Å². The molecule has 0 aliphatic carbocycles. The van der Waals surface area contributed by atoms with E-state index in [1.165, 1.54) is 0 Å². The number of nitrogens with two attached hydrogens (primary N) is 1. The molecule has 1 aliphatic heterocycles. The van der Waals surface area contributed by atoms with Gasteiger partial charge in [0.1, 0.15) is 0 Å². The monoisotopic (exact) mass is 130 g/mol. The van der Waals surface area contributed by atoms with Gasteiger partial charge in [-0.15, -0.1) is 0 Å². The van der Waals surface area contributed by atoms with Crippen molar-refractivity contribution in [1.29, 1.82) is 0 Å². The molecule has 0 aromatic rings. The van der Waals surface area contributed by atoms with Crippen LogP contribution in [0.15, 0.2) is 0 Å². The van der Waals surface area contributed by atoms with Crippen molar-refractivity contribution in [2.75, 3.05) is 13.2 Å². The van der Waals surface area contributed by atoms with Gasteiger partial charge in [-0.1, -0.05) is 6.92 Å². The Bertz CT molecular complexity index is 85.1. The first-order valence-corrected chi connectivity index (χ1v) is 3.38. The Morgan fingerprint density at radius 2 is 2.56 bits per heavy atom. The third-order valence-corrected chi connectivity index (χ3v) is 1.63. The molecule has 3 N–H and O–H groups in total. The van der Waals surface area contributed by atoms with Crippen LogP contribution in [0.5, 0.6) is 0 Å². The number of hydrogen-bond donors (Lipinski definition) is 2. The second-order valence-corrected chi connectivity index (χ2v) is 2.70. The molecule has 0 aromatic heterocycles. The minimum absolute atomic E-state index is 0.352. The molecule has 9 heavy (non-hydrogen) atoms. The van der Waals surface area contributed by atoms with E-state index in [2.05, 4.69) is 12.3 Å². The zero-order chi connectivity index (χ0) is 6.69. The van der Waals surface area contributed by atoms with Gasteiger partial charge in [0.05, 0.1) is 6.10 Å². The highest BCUT2D eigenvalue weighted by molar-refractivity contribution is 4.70. The van der Waals surface area contributed by atoms with Crippen molar-refractivity contribution in [3.05, 3.63) is 0 Å². The van der Waals surface area contributed by atoms with Crippen LogP contribution in [0.3, 0.4) is 0 Å². The quantitative estimate of drug-likeness (QED) is 0.404. The van der Waals surface area contributed by atoms with E-state index in [1.807, 2.05) is 0 Å². The van der Waals surface area contributed by atoms with Crippen molar-refractivity contribution in [2.45, 2.75) is 19.4 Å². The number of hydrogen-bond acceptors (Lipinski definition) is 3. The molecular weight excluding hydrogens is 116 g/mol. The maximum absolute atomic E-state index is 5.36. The number of rotatable bonds is 2. The number of ether oxygens (including phenoxy) is 1. The number of nitrogens with one attached hydrogen (secondary N) is 1. The normalized spacial score (nSPS) is 35.3. The maximum atomic E-state index is 5.36. The Balaban J connectivity index is 2.14. The highest BCUT2D eigenvalue weighted by atomic mass is 16.5. The van der Waals surface area contributed by atoms with Crippen LogP contribution >= 0.6 is 0 Å². The minimum atomic E-state index is 0.352. The lowest BCUT2D eigenvalue weighted by atomic mass is 10.1. The fourth-order valence-electron chi connectivity index (χ4n) is 1.16. The third-order valence-electron chi connectivity index (χ3n) is 1.63. The van der Waals surface area contributed by atoms with Crippen LogP contribution in [0, 0.1) is 5.92 Å². The molecule has 1 heterocycles. The van der Waals surface area contributed by atoms with E-state index < -0.39 is 0 Å². The fourth-order valence-corrected chi connectivity index (χ4v) is 1.16. The van der Waals surface area contributed by atoms with Crippen molar-refractivity contribution in [2.24, 2.45) is 11.8 Å². The van der Waals surface area contributed by atoms with Crippen molar-refractivity contribution >= 4 is 0 Å². The topological polar surface area (TPSA) is 47.3 Å². The van der Waals surface area contributed by atoms with Crippen LogP contribution in [-0.2, 0) is 4.74 Å². The van der Waals surface area contributed by atoms with Gasteiger partial charge in [-0.2, -0.15) is 0 Å². The van der Waals surface area contributed by atoms with Gasteiger partial charge in [0, 0.05) is 13.2 Å². The largest absolute Gasteiger partial charge is 0.377 e. The molecule has 2 atom stereocenters. The summed E-state index contributed by atoms with van der Waals surface area (Å²) in [4.78, 5) is 0. The van der Waals surface area contributed by atoms with E-state index in [4.69, 9.17) is 10.6 Å². The maximum Gasteiger partial charge on any atom is 0.0716 e. The van der Waals surface area contributed by atoms with Gasteiger partial charge in [-0.05, 0) is 12.3 Å². The highest BCUT2D eigenvalue weighted by Crippen LogP contribution is 2.17. The van der Waals surface area contributed by atoms with Gasteiger partial charge < -0.3 is 4.74 Å². The Hall–Kier alpha value is -0.120. The summed E-state index contributed by atoms with van der Waals surface area (Å²) in [5.74, 6) is 5.84. The zero-order valence-corrected chi connectivity index (χ0v) is 5.76. The molecule has 0 bridgehead atoms. The van der Waals surface area contributed by atoms with Crippen molar-refractivity contribution in [1.82, 2.24) is 5.43 Å². The van der Waals surface area contributed by atoms with Crippen LogP contribution in [-0.4, -0.2) is 19.3 Å². The Morgan fingerprint density at radius 1 is 1.78 bits per heavy atom. The smallest absolute Gasteiger partial charge is 0.0716 e. The van der Waals surface area contributed by atoms with Gasteiger partial charge in [-0.25, -0.2) is 0 Å². The van der Waals surface area contributed by atoms with Crippen LogP contribution in [0.4, 0.5) is 0 Å². The molecule has 54 valence electrons. The molecule has 1 saturated heterocycles. The Morgan fingerprint density at radius 3 is 3.00 bits per heavy atom. The molecule has 0 aromatic carbocycles. The first kappa shape index (κ1) is 6.99. The summed E-state index contributed by atoms with van der Waals surface area (Å²) in [5.41, 5.74) is 2.61. The predicted octanol–water partition coefficient (Wildman–Crippen LogP) is -0.125. The van der Waals surface area contributed by atoms with Crippen molar-refractivity contribution < 1.29 is 4.74 Å². The summed E-state index contributed by atoms with van der Waals surface area (Å²) >= 11 is 0. The van der Waals surface area contributed by atoms with Gasteiger partial charge >= 0.3 is 0 Å². The summed E-state index contributed by atoms with van der Waals surface area (Å²) in [5, 5.41) is 0. The summed E-state index contributed by atoms with van der Waals surface area (Å²) in [6.45, 7) is 3.87. The van der Waals surface area contributed by atoms with E-state index in [0.717, 1.165) is 19.6 Å². The van der Waals surface area contributed by atoms with Crippen LogP contribution in [0.1, 0.15) is 13.3 Å². The van der Waals surface area contributed by atoms with Crippen LogP contribution < -0.4 is 11.3 Å². The summed E-state index contributed by atoms with van der Waals surface area (Å²) < 4.78 is 5.36. The SMILES string of the molecule is C[C@H]1CO[C@H](CNN)C1. The fraction of sp³-hybridized carbons (Fsp3) is 1.00. The standard InChI is InChI=1S/C6H14N2O/c1-5-2-6(3-8-7)9-4-5/h5-6,8H,2-4,7H2,1H3/t5-,6+/m1/s1. The zero-order valence-electron chi connectivity index (χ0n) is 5.76. The second-order valence-electron chi connectivity index (χ2n) is 2.70. The predicted molar refractivity (Wildman–Crippen MR) is 35.7 cm³/mol. The van der Waals surface area contributed by atoms with E-state index in [-0.39, 0.29) is 0 Å². The highest BCUT2D eigenvalue weighted by Gasteiger charge is 2.20. The number of hydrazine groups is 1. The van der Waals surface area contributed by atoms with Gasteiger partial charge in [-0.3, -0.25) is 11.3 Å². The Kier molecular flexibility index (Phi) is 2.45. The third kappa shape index (κ3) is 1.93. The van der Waals surface area contributed by atoms with Crippen LogP contribution in [0.25, 0.3) is 0 Å². The van der Waals surface area contributed by atoms with E-state index in [1.54, 1.807) is 0 Å². The van der Waals surface area contributed by atoms with E-state index in [0.29, 0.717) is 12.0 Å². The molecule has 1 fully saturated rings. The van der Waals surface area contributed by atoms with Crippen LogP contribution in [0.2, 0.25) is 0 Å². The summed E-state index contributed by atoms with van der Waals surface area (Å²) in [7, 11) is 0. The summed E-state index contributed by atoms with van der Waals surface area (Å²) in [6, 6.07) is 0.